The Hall–Kier alpha value is -1.02. The van der Waals surface area contributed by atoms with Gasteiger partial charge >= 0.3 is 0 Å². The summed E-state index contributed by atoms with van der Waals surface area (Å²) in [6, 6.07) is 6.68. The molecule has 2 nitrogen and oxygen atoms in total. The lowest BCUT2D eigenvalue weighted by Crippen LogP contribution is -2.38. The topological polar surface area (TPSA) is 32.3 Å². The molecular weight excluding hydrogens is 210 g/mol. The quantitative estimate of drug-likeness (QED) is 0.838. The van der Waals surface area contributed by atoms with E-state index in [0.717, 1.165) is 19.0 Å². The van der Waals surface area contributed by atoms with Crippen molar-refractivity contribution < 1.29 is 5.11 Å². The molecule has 1 aromatic carbocycles. The first-order valence-corrected chi connectivity index (χ1v) is 6.88. The molecule has 17 heavy (non-hydrogen) atoms. The molecule has 1 atom stereocenters. The molecule has 2 heteroatoms. The maximum atomic E-state index is 9.52. The summed E-state index contributed by atoms with van der Waals surface area (Å²) in [5, 5.41) is 13.2. The summed E-state index contributed by atoms with van der Waals surface area (Å²) in [7, 11) is 0. The van der Waals surface area contributed by atoms with Gasteiger partial charge in [0.2, 0.25) is 0 Å². The molecule has 1 aromatic rings. The fourth-order valence-electron chi connectivity index (χ4n) is 3.03. The van der Waals surface area contributed by atoms with E-state index in [1.807, 2.05) is 12.1 Å². The second-order valence-corrected chi connectivity index (χ2v) is 5.51. The molecule has 0 bridgehead atoms. The number of nitrogens with one attached hydrogen (secondary N) is 1. The van der Waals surface area contributed by atoms with Crippen LogP contribution < -0.4 is 5.32 Å². The standard InChI is InChI=1S/C15H21NO/c17-14-7-8-15-11(9-14)3-1-4-12(15)10-16-13-5-2-6-13/h7-9,12-13,16-17H,1-6,10H2. The average Bonchev–Trinajstić information content (AvgIpc) is 2.26. The van der Waals surface area contributed by atoms with E-state index in [-0.39, 0.29) is 0 Å². The normalized spacial score (nSPS) is 24.1. The summed E-state index contributed by atoms with van der Waals surface area (Å²) in [4.78, 5) is 0. The molecule has 2 aliphatic rings. The largest absolute Gasteiger partial charge is 0.508 e. The Kier molecular flexibility index (Phi) is 3.06. The zero-order chi connectivity index (χ0) is 11.7. The summed E-state index contributed by atoms with van der Waals surface area (Å²) in [6.45, 7) is 1.11. The van der Waals surface area contributed by atoms with Crippen LogP contribution in [0, 0.1) is 0 Å². The molecule has 0 spiro atoms. The highest BCUT2D eigenvalue weighted by Gasteiger charge is 2.23. The van der Waals surface area contributed by atoms with Gasteiger partial charge in [0.15, 0.2) is 0 Å². The Balaban J connectivity index is 1.69. The molecule has 92 valence electrons. The van der Waals surface area contributed by atoms with E-state index in [0.29, 0.717) is 11.7 Å². The summed E-state index contributed by atoms with van der Waals surface area (Å²) < 4.78 is 0. The summed E-state index contributed by atoms with van der Waals surface area (Å²) >= 11 is 0. The molecule has 0 heterocycles. The Labute approximate surface area is 103 Å². The van der Waals surface area contributed by atoms with Crippen LogP contribution in [0.1, 0.15) is 49.1 Å². The van der Waals surface area contributed by atoms with Crippen LogP contribution >= 0.6 is 0 Å². The van der Waals surface area contributed by atoms with Crippen LogP contribution in [-0.4, -0.2) is 17.7 Å². The van der Waals surface area contributed by atoms with E-state index in [2.05, 4.69) is 11.4 Å². The minimum absolute atomic E-state index is 0.413. The number of aryl methyl sites for hydroxylation is 1. The minimum atomic E-state index is 0.413. The predicted molar refractivity (Wildman–Crippen MR) is 69.4 cm³/mol. The molecule has 0 radical (unpaired) electrons. The van der Waals surface area contributed by atoms with Gasteiger partial charge in [-0.2, -0.15) is 0 Å². The lowest BCUT2D eigenvalue weighted by molar-refractivity contribution is 0.326. The van der Waals surface area contributed by atoms with Gasteiger partial charge in [0.25, 0.3) is 0 Å². The third-order valence-corrected chi connectivity index (χ3v) is 4.32. The van der Waals surface area contributed by atoms with Crippen LogP contribution in [-0.2, 0) is 6.42 Å². The van der Waals surface area contributed by atoms with E-state index in [1.54, 1.807) is 0 Å². The smallest absolute Gasteiger partial charge is 0.115 e. The molecule has 1 unspecified atom stereocenters. The zero-order valence-electron chi connectivity index (χ0n) is 10.3. The number of phenols is 1. The van der Waals surface area contributed by atoms with Crippen LogP contribution in [0.5, 0.6) is 5.75 Å². The highest BCUT2D eigenvalue weighted by Crippen LogP contribution is 2.33. The van der Waals surface area contributed by atoms with Gasteiger partial charge in [-0.15, -0.1) is 0 Å². The molecule has 0 saturated heterocycles. The molecule has 1 fully saturated rings. The second kappa shape index (κ2) is 4.69. The molecule has 2 aliphatic carbocycles. The number of hydrogen-bond donors (Lipinski definition) is 2. The molecule has 0 aromatic heterocycles. The highest BCUT2D eigenvalue weighted by atomic mass is 16.3. The second-order valence-electron chi connectivity index (χ2n) is 5.51. The molecule has 1 saturated carbocycles. The van der Waals surface area contributed by atoms with Crippen molar-refractivity contribution in [3.8, 4) is 5.75 Å². The maximum absolute atomic E-state index is 9.52. The van der Waals surface area contributed by atoms with Crippen LogP contribution in [0.15, 0.2) is 18.2 Å². The average molecular weight is 231 g/mol. The molecule has 2 N–H and O–H groups in total. The molecule has 0 aliphatic heterocycles. The van der Waals surface area contributed by atoms with Gasteiger partial charge in [-0.3, -0.25) is 0 Å². The lowest BCUT2D eigenvalue weighted by Gasteiger charge is -2.31. The monoisotopic (exact) mass is 231 g/mol. The number of phenolic OH excluding ortho intramolecular Hbond substituents is 1. The Bertz CT molecular complexity index is 398. The van der Waals surface area contributed by atoms with Crippen molar-refractivity contribution in [3.05, 3.63) is 29.3 Å². The van der Waals surface area contributed by atoms with Crippen molar-refractivity contribution in [2.45, 2.75) is 50.5 Å². The first-order valence-electron chi connectivity index (χ1n) is 6.88. The lowest BCUT2D eigenvalue weighted by atomic mass is 9.82. The van der Waals surface area contributed by atoms with Gasteiger partial charge in [-0.05, 0) is 61.3 Å². The third kappa shape index (κ3) is 2.32. The van der Waals surface area contributed by atoms with Crippen molar-refractivity contribution in [2.24, 2.45) is 0 Å². The molecule has 0 amide bonds. The van der Waals surface area contributed by atoms with E-state index < -0.39 is 0 Å². The van der Waals surface area contributed by atoms with Crippen LogP contribution in [0.3, 0.4) is 0 Å². The van der Waals surface area contributed by atoms with Gasteiger partial charge in [-0.1, -0.05) is 12.5 Å². The van der Waals surface area contributed by atoms with Crippen LogP contribution in [0.2, 0.25) is 0 Å². The summed E-state index contributed by atoms with van der Waals surface area (Å²) in [5.74, 6) is 1.07. The SMILES string of the molecule is Oc1ccc2c(c1)CCCC2CNC1CCC1. The zero-order valence-corrected chi connectivity index (χ0v) is 10.3. The predicted octanol–water partition coefficient (Wildman–Crippen LogP) is 2.95. The minimum Gasteiger partial charge on any atom is -0.508 e. The third-order valence-electron chi connectivity index (χ3n) is 4.32. The number of rotatable bonds is 3. The van der Waals surface area contributed by atoms with Crippen molar-refractivity contribution in [3.63, 3.8) is 0 Å². The first-order chi connectivity index (χ1) is 8.33. The molecular formula is C15H21NO. The molecule has 3 rings (SSSR count). The number of fused-ring (bicyclic) bond motifs is 1. The summed E-state index contributed by atoms with van der Waals surface area (Å²) in [5.41, 5.74) is 2.82. The van der Waals surface area contributed by atoms with Gasteiger partial charge in [0.05, 0.1) is 0 Å². The maximum Gasteiger partial charge on any atom is 0.115 e. The van der Waals surface area contributed by atoms with Crippen molar-refractivity contribution in [2.75, 3.05) is 6.54 Å². The highest BCUT2D eigenvalue weighted by molar-refractivity contribution is 5.38. The van der Waals surface area contributed by atoms with Gasteiger partial charge in [0, 0.05) is 12.6 Å². The van der Waals surface area contributed by atoms with Crippen molar-refractivity contribution in [1.82, 2.24) is 5.32 Å². The number of benzene rings is 1. The first kappa shape index (κ1) is 11.1. The number of hydrogen-bond acceptors (Lipinski definition) is 2. The van der Waals surface area contributed by atoms with Crippen LogP contribution in [0.4, 0.5) is 0 Å². The van der Waals surface area contributed by atoms with Crippen molar-refractivity contribution in [1.29, 1.82) is 0 Å². The van der Waals surface area contributed by atoms with Gasteiger partial charge in [-0.25, -0.2) is 0 Å². The fourth-order valence-corrected chi connectivity index (χ4v) is 3.03. The van der Waals surface area contributed by atoms with E-state index >= 15 is 0 Å². The number of aromatic hydroxyl groups is 1. The van der Waals surface area contributed by atoms with E-state index in [4.69, 9.17) is 0 Å². The Morgan fingerprint density at radius 2 is 2.06 bits per heavy atom. The van der Waals surface area contributed by atoms with Gasteiger partial charge < -0.3 is 10.4 Å². The Morgan fingerprint density at radius 3 is 2.82 bits per heavy atom. The van der Waals surface area contributed by atoms with Crippen LogP contribution in [0.25, 0.3) is 0 Å². The van der Waals surface area contributed by atoms with Gasteiger partial charge in [0.1, 0.15) is 5.75 Å². The summed E-state index contributed by atoms with van der Waals surface area (Å²) in [6.07, 6.45) is 7.78. The van der Waals surface area contributed by atoms with E-state index in [1.165, 1.54) is 43.2 Å². The van der Waals surface area contributed by atoms with E-state index in [9.17, 15) is 5.11 Å². The van der Waals surface area contributed by atoms with Crippen molar-refractivity contribution >= 4 is 0 Å². The fraction of sp³-hybridized carbons (Fsp3) is 0.600. The Morgan fingerprint density at radius 1 is 1.18 bits per heavy atom.